The molecule has 2 heterocycles. The van der Waals surface area contributed by atoms with Crippen LogP contribution in [0.4, 0.5) is 0 Å². The fraction of sp³-hybridized carbons (Fsp3) is 0.0508. The van der Waals surface area contributed by atoms with Gasteiger partial charge in [0.15, 0.2) is 11.2 Å². The lowest BCUT2D eigenvalue weighted by molar-refractivity contribution is 0.633. The number of fused-ring (bicyclic) bond motifs is 18. The Morgan fingerprint density at radius 1 is 0.295 bits per heavy atom. The van der Waals surface area contributed by atoms with Crippen LogP contribution in [0.15, 0.2) is 191 Å². The second-order valence-electron chi connectivity index (χ2n) is 17.5. The average Bonchev–Trinajstić information content (AvgIpc) is 3.95. The molecule has 0 spiro atoms. The lowest BCUT2D eigenvalue weighted by Crippen LogP contribution is -2.15. The first-order chi connectivity index (χ1) is 30.0. The van der Waals surface area contributed by atoms with E-state index in [1.165, 1.54) is 92.8 Å². The van der Waals surface area contributed by atoms with Crippen LogP contribution in [0.5, 0.6) is 0 Å². The summed E-state index contributed by atoms with van der Waals surface area (Å²) in [6.07, 6.45) is 0. The molecule has 0 aliphatic heterocycles. The molecule has 0 N–H and O–H groups in total. The van der Waals surface area contributed by atoms with Crippen LogP contribution in [0.1, 0.15) is 25.0 Å². The molecule has 61 heavy (non-hydrogen) atoms. The molecule has 0 amide bonds. The molecule has 0 atom stereocenters. The van der Waals surface area contributed by atoms with Gasteiger partial charge >= 0.3 is 0 Å². The van der Waals surface area contributed by atoms with Crippen LogP contribution in [0, 0.1) is 0 Å². The Kier molecular flexibility index (Phi) is 6.39. The maximum atomic E-state index is 6.58. The van der Waals surface area contributed by atoms with E-state index in [2.05, 4.69) is 184 Å². The van der Waals surface area contributed by atoms with Crippen molar-refractivity contribution in [2.75, 3.05) is 0 Å². The molecule has 0 saturated heterocycles. The van der Waals surface area contributed by atoms with Gasteiger partial charge in [-0.2, -0.15) is 0 Å². The molecule has 1 aliphatic rings. The minimum absolute atomic E-state index is 0.191. The molecule has 284 valence electrons. The van der Waals surface area contributed by atoms with E-state index >= 15 is 0 Å². The molecular formula is C59H36O2. The predicted molar refractivity (Wildman–Crippen MR) is 257 cm³/mol. The fourth-order valence-corrected chi connectivity index (χ4v) is 11.2. The number of hydrogen-bond donors (Lipinski definition) is 0. The molecular weight excluding hydrogens is 741 g/mol. The van der Waals surface area contributed by atoms with E-state index in [9.17, 15) is 0 Å². The molecule has 0 unspecified atom stereocenters. The number of rotatable bonds is 2. The van der Waals surface area contributed by atoms with Crippen molar-refractivity contribution in [1.82, 2.24) is 0 Å². The molecule has 0 radical (unpaired) electrons. The predicted octanol–water partition coefficient (Wildman–Crippen LogP) is 16.9. The van der Waals surface area contributed by atoms with Gasteiger partial charge in [-0.15, -0.1) is 0 Å². The van der Waals surface area contributed by atoms with Crippen molar-refractivity contribution in [3.63, 3.8) is 0 Å². The van der Waals surface area contributed by atoms with Gasteiger partial charge in [0.05, 0.1) is 0 Å². The number of benzene rings is 11. The van der Waals surface area contributed by atoms with E-state index in [1.54, 1.807) is 0 Å². The molecule has 2 heteroatoms. The van der Waals surface area contributed by atoms with Crippen LogP contribution < -0.4 is 0 Å². The number of para-hydroxylation sites is 1. The van der Waals surface area contributed by atoms with Gasteiger partial charge in [-0.25, -0.2) is 0 Å². The molecule has 2 nitrogen and oxygen atoms in total. The standard InChI is InChI=1S/C59H36O2/c1-59(2)51-30-34(23-25-39(51)49-31-47-37-15-5-3-13-35(37)36-14-4-6-16-38(36)48(47)32-52(49)59)56-43-20-9-7-18-41(43)55(42-19-8-10-21-44(42)56)33-24-28-54-50(29-33)46-27-26-45-40-17-11-12-22-53(40)60-57(45)58(46)61-54/h3-32H,1-2H3. The highest BCUT2D eigenvalue weighted by Crippen LogP contribution is 2.54. The Balaban J connectivity index is 0.973. The van der Waals surface area contributed by atoms with Crippen LogP contribution in [0.25, 0.3) is 131 Å². The van der Waals surface area contributed by atoms with Crippen molar-refractivity contribution in [3.8, 4) is 33.4 Å². The monoisotopic (exact) mass is 776 g/mol. The first-order valence-corrected chi connectivity index (χ1v) is 21.2. The van der Waals surface area contributed by atoms with E-state index in [4.69, 9.17) is 8.83 Å². The molecule has 2 aromatic heterocycles. The minimum Gasteiger partial charge on any atom is -0.452 e. The fourth-order valence-electron chi connectivity index (χ4n) is 11.2. The number of furan rings is 2. The van der Waals surface area contributed by atoms with E-state index in [0.717, 1.165) is 49.4 Å². The zero-order valence-corrected chi connectivity index (χ0v) is 33.6. The summed E-state index contributed by atoms with van der Waals surface area (Å²) in [6, 6.07) is 67.2. The zero-order chi connectivity index (χ0) is 40.1. The van der Waals surface area contributed by atoms with Crippen LogP contribution in [-0.4, -0.2) is 0 Å². The van der Waals surface area contributed by atoms with Gasteiger partial charge in [0, 0.05) is 27.0 Å². The molecule has 0 bridgehead atoms. The zero-order valence-electron chi connectivity index (χ0n) is 33.6. The minimum atomic E-state index is -0.191. The lowest BCUT2D eigenvalue weighted by atomic mass is 9.79. The summed E-state index contributed by atoms with van der Waals surface area (Å²) >= 11 is 0. The van der Waals surface area contributed by atoms with Crippen LogP contribution in [0.2, 0.25) is 0 Å². The van der Waals surface area contributed by atoms with Gasteiger partial charge in [0.25, 0.3) is 0 Å². The molecule has 11 aromatic carbocycles. The Morgan fingerprint density at radius 2 is 0.721 bits per heavy atom. The summed E-state index contributed by atoms with van der Waals surface area (Å²) in [5, 5.41) is 17.2. The van der Waals surface area contributed by atoms with Gasteiger partial charge in [0.2, 0.25) is 0 Å². The quantitative estimate of drug-likeness (QED) is 0.129. The third-order valence-corrected chi connectivity index (χ3v) is 14.0. The molecule has 13 aromatic rings. The first-order valence-electron chi connectivity index (χ1n) is 21.2. The molecule has 0 fully saturated rings. The van der Waals surface area contributed by atoms with Crippen molar-refractivity contribution in [3.05, 3.63) is 193 Å². The highest BCUT2D eigenvalue weighted by Gasteiger charge is 2.36. The van der Waals surface area contributed by atoms with E-state index in [-0.39, 0.29) is 5.41 Å². The van der Waals surface area contributed by atoms with Gasteiger partial charge in [-0.1, -0.05) is 147 Å². The summed E-state index contributed by atoms with van der Waals surface area (Å²) in [4.78, 5) is 0. The topological polar surface area (TPSA) is 26.3 Å². The van der Waals surface area contributed by atoms with Crippen LogP contribution >= 0.6 is 0 Å². The van der Waals surface area contributed by atoms with Crippen molar-refractivity contribution >= 4 is 97.7 Å². The molecule has 0 saturated carbocycles. The summed E-state index contributed by atoms with van der Waals surface area (Å²) in [5.74, 6) is 0. The van der Waals surface area contributed by atoms with Gasteiger partial charge in [-0.3, -0.25) is 0 Å². The largest absolute Gasteiger partial charge is 0.452 e. The van der Waals surface area contributed by atoms with Gasteiger partial charge < -0.3 is 8.83 Å². The highest BCUT2D eigenvalue weighted by molar-refractivity contribution is 6.27. The lowest BCUT2D eigenvalue weighted by Gasteiger charge is -2.23. The van der Waals surface area contributed by atoms with Gasteiger partial charge in [0.1, 0.15) is 11.2 Å². The second kappa shape index (κ2) is 11.7. The summed E-state index contributed by atoms with van der Waals surface area (Å²) < 4.78 is 13.0. The summed E-state index contributed by atoms with van der Waals surface area (Å²) in [6.45, 7) is 4.82. The summed E-state index contributed by atoms with van der Waals surface area (Å²) in [7, 11) is 0. The highest BCUT2D eigenvalue weighted by atomic mass is 16.4. The van der Waals surface area contributed by atoms with Crippen molar-refractivity contribution < 1.29 is 8.83 Å². The third-order valence-electron chi connectivity index (χ3n) is 14.0. The second-order valence-corrected chi connectivity index (χ2v) is 17.5. The number of hydrogen-bond acceptors (Lipinski definition) is 2. The smallest absolute Gasteiger partial charge is 0.178 e. The summed E-state index contributed by atoms with van der Waals surface area (Å²) in [5.41, 5.74) is 13.5. The van der Waals surface area contributed by atoms with Crippen molar-refractivity contribution in [2.24, 2.45) is 0 Å². The van der Waals surface area contributed by atoms with Crippen LogP contribution in [0.3, 0.4) is 0 Å². The molecule has 14 rings (SSSR count). The Hall–Kier alpha value is -7.68. The van der Waals surface area contributed by atoms with Crippen molar-refractivity contribution in [1.29, 1.82) is 0 Å². The van der Waals surface area contributed by atoms with E-state index < -0.39 is 0 Å². The maximum absolute atomic E-state index is 6.58. The van der Waals surface area contributed by atoms with Gasteiger partial charge in [-0.05, 0) is 147 Å². The third kappa shape index (κ3) is 4.36. The van der Waals surface area contributed by atoms with Crippen LogP contribution in [-0.2, 0) is 5.41 Å². The average molecular weight is 777 g/mol. The normalized spacial score (nSPS) is 13.5. The van der Waals surface area contributed by atoms with E-state index in [1.807, 2.05) is 12.1 Å². The SMILES string of the molecule is CC1(C)c2cc(-c3c4ccccc4c(-c4ccc5oc6c(ccc7c8ccccc8oc76)c5c4)c4ccccc34)ccc2-c2cc3c4ccccc4c4ccccc4c3cc21. The Labute approximate surface area is 350 Å². The maximum Gasteiger partial charge on any atom is 0.178 e. The molecule has 1 aliphatic carbocycles. The first kappa shape index (κ1) is 33.2. The Morgan fingerprint density at radius 3 is 1.31 bits per heavy atom. The Bertz CT molecular complexity index is 4020. The van der Waals surface area contributed by atoms with Crippen molar-refractivity contribution in [2.45, 2.75) is 19.3 Å². The van der Waals surface area contributed by atoms with E-state index in [0.29, 0.717) is 0 Å².